The van der Waals surface area contributed by atoms with Crippen LogP contribution in [0.1, 0.15) is 297 Å². The molecule has 12 aliphatic carbocycles. The Labute approximate surface area is 749 Å². The third-order valence-electron chi connectivity index (χ3n) is 40.0. The molecular weight excluding hydrogens is 1640 g/mol. The van der Waals surface area contributed by atoms with Crippen LogP contribution < -0.4 is 0 Å². The SMILES string of the molecule is CC[C@@H]1C2C[C@H](O)CC[C@]2(C)C2CC[C@@]3(C)C(CC[C@@H]3[C@H](C)CCOP3(=O)C[C@H](c4ccccc4Cl)CCO3)C2[C@@H]1O.C[C@H](CCOP1(=O)C[C@H](c2cccc(Cl)c2)CCO1)[C@H]1CCC2C3C(CC[C@@]21C)[C@@]1(C)CC[C@@H](O)CC1[C@@H](C)[C@H]3O.C[C@H](CCOP1(=O)C[C@H](c2ccncc2)CCO1)[C@H]1CCC2C3C(CC[C@@]21C)[C@@]1(C)CC[C@@H](O)CC1[C@@H](C)[C@H]3O. The minimum absolute atomic E-state index is 0.100. The first-order valence-electron chi connectivity index (χ1n) is 49.6. The van der Waals surface area contributed by atoms with Gasteiger partial charge in [0.25, 0.3) is 0 Å². The molecule has 12 saturated carbocycles. The van der Waals surface area contributed by atoms with E-state index >= 15 is 0 Å². The van der Waals surface area contributed by atoms with Crippen molar-refractivity contribution in [2.75, 3.05) is 58.1 Å². The second-order valence-electron chi connectivity index (χ2n) is 45.4. The minimum Gasteiger partial charge on any atom is -0.393 e. The zero-order valence-electron chi connectivity index (χ0n) is 76.8. The van der Waals surface area contributed by atoms with Crippen LogP contribution in [0.2, 0.25) is 10.0 Å². The molecule has 0 spiro atoms. The van der Waals surface area contributed by atoms with E-state index < -0.39 is 22.8 Å². The minimum atomic E-state index is -3.16. The normalized spacial score (nSPS) is 48.6. The van der Waals surface area contributed by atoms with Gasteiger partial charge in [0.05, 0.1) is 94.8 Å². The Morgan fingerprint density at radius 3 is 1.20 bits per heavy atom. The molecule has 15 fully saturated rings. The zero-order valence-corrected chi connectivity index (χ0v) is 81.0. The summed E-state index contributed by atoms with van der Waals surface area (Å²) < 4.78 is 76.2. The zero-order chi connectivity index (χ0) is 87.3. The van der Waals surface area contributed by atoms with Gasteiger partial charge >= 0.3 is 22.8 Å². The van der Waals surface area contributed by atoms with Gasteiger partial charge in [0.2, 0.25) is 0 Å². The predicted octanol–water partition coefficient (Wildman–Crippen LogP) is 24.1. The van der Waals surface area contributed by atoms with Gasteiger partial charge in [-0.1, -0.05) is 143 Å². The molecule has 15 unspecified atom stereocenters. The fourth-order valence-electron chi connectivity index (χ4n) is 33.4. The summed E-state index contributed by atoms with van der Waals surface area (Å²) in [5.74, 6) is 10.1. The van der Waals surface area contributed by atoms with Gasteiger partial charge in [0.15, 0.2) is 0 Å². The number of aliphatic hydroxyl groups is 6. The lowest BCUT2D eigenvalue weighted by molar-refractivity contribution is -0.203. The first kappa shape index (κ1) is 94.6. The molecule has 0 bridgehead atoms. The lowest BCUT2D eigenvalue weighted by atomic mass is 9.41. The molecule has 6 N–H and O–H groups in total. The molecule has 123 heavy (non-hydrogen) atoms. The Morgan fingerprint density at radius 2 is 0.789 bits per heavy atom. The van der Waals surface area contributed by atoms with Gasteiger partial charge in [-0.3, -0.25) is 18.7 Å². The maximum absolute atomic E-state index is 13.6. The number of hydrogen-bond acceptors (Lipinski definition) is 16. The van der Waals surface area contributed by atoms with E-state index in [-0.39, 0.29) is 98.7 Å². The highest BCUT2D eigenvalue weighted by Crippen LogP contribution is 2.74. The predicted molar refractivity (Wildman–Crippen MR) is 490 cm³/mol. The average Bonchev–Trinajstić information content (AvgIpc) is 1.68. The summed E-state index contributed by atoms with van der Waals surface area (Å²) >= 11 is 12.7. The molecule has 16 nitrogen and oxygen atoms in total. The standard InChI is InChI=1S/C35H54ClO5P.C34H52ClO5P.C33H52NO5P/c1-5-25-30-20-24(37)12-16-35(30,4)29-13-17-34(3)27(10-11-28(34)32(29)33(25)38)22(2)14-18-40-42(39)21-23(15-19-41-42)26-8-6-7-9-31(26)36;1-21(12-16-39-41(38)20-24(13-17-40-41)23-6-5-7-25(35)18-23)27-8-9-28-31-29(11-15-33(27,28)3)34(4)14-10-26(36)19-30(34)22(2)32(31)37;1-21(11-17-38-40(37)20-24(12-18-39-40)23-9-15-34-16-10-23)26-5-6-27-30-28(8-14-32(26,27)3)33(4)13-7-25(35)19-29(33)22(2)31(30)36/h6-9,22-25,27-30,32-33,37-38H,5,10-21H2,1-4H3;5-7,18,21-22,24,26-32,36-37H,8-17,19-20H2,1-4H3;9-10,15-16,21-22,24-31,35-36H,5-8,11-14,17-20H2,1-4H3/t22-,23-,24-,25-,27-,28?,29?,30?,32?,33-,34-,35-,42?;21-,22-,24-,26-,27-,28?,29?,30?,31?,32-,33-,34-,41?;21-,22-,24-,25-,26-,27?,28?,29?,30?,31-,32-,33-,40?/m111/s1. The molecule has 15 aliphatic rings. The topological polar surface area (TPSA) is 241 Å². The molecule has 39 atom stereocenters. The van der Waals surface area contributed by atoms with Gasteiger partial charge < -0.3 is 57.8 Å². The summed E-state index contributed by atoms with van der Waals surface area (Å²) in [4.78, 5) is 4.12. The number of aromatic nitrogens is 1. The van der Waals surface area contributed by atoms with Crippen molar-refractivity contribution < 1.29 is 71.5 Å². The molecule has 21 heteroatoms. The molecule has 0 amide bonds. The highest BCUT2D eigenvalue weighted by atomic mass is 35.5. The van der Waals surface area contributed by atoms with Gasteiger partial charge in [-0.15, -0.1) is 0 Å². The van der Waals surface area contributed by atoms with Crippen molar-refractivity contribution in [3.63, 3.8) is 0 Å². The monoisotopic (exact) mass is 1800 g/mol. The van der Waals surface area contributed by atoms with Gasteiger partial charge in [0.1, 0.15) is 0 Å². The first-order chi connectivity index (χ1) is 58.5. The van der Waals surface area contributed by atoms with Gasteiger partial charge in [-0.2, -0.15) is 0 Å². The maximum Gasteiger partial charge on any atom is 0.331 e. The Morgan fingerprint density at radius 1 is 0.423 bits per heavy atom. The smallest absolute Gasteiger partial charge is 0.331 e. The number of pyridine rings is 1. The van der Waals surface area contributed by atoms with E-state index in [4.69, 9.17) is 50.3 Å². The number of aliphatic hydroxyl groups excluding tert-OH is 6. The number of fused-ring (bicyclic) bond motifs is 15. The van der Waals surface area contributed by atoms with Crippen LogP contribution in [0.5, 0.6) is 0 Å². The molecule has 1 aromatic heterocycles. The third kappa shape index (κ3) is 18.1. The van der Waals surface area contributed by atoms with E-state index in [1.807, 2.05) is 54.6 Å². The van der Waals surface area contributed by atoms with Gasteiger partial charge in [-0.25, -0.2) is 0 Å². The molecule has 4 heterocycles. The van der Waals surface area contributed by atoms with Crippen LogP contribution in [0.3, 0.4) is 0 Å². The van der Waals surface area contributed by atoms with Crippen molar-refractivity contribution >= 4 is 46.0 Å². The Bertz CT molecular complexity index is 4220. The summed E-state index contributed by atoms with van der Waals surface area (Å²) in [6, 6.07) is 19.7. The van der Waals surface area contributed by atoms with E-state index in [2.05, 4.69) is 94.1 Å². The summed E-state index contributed by atoms with van der Waals surface area (Å²) in [6.07, 6.45) is 32.7. The second-order valence-corrected chi connectivity index (χ2v) is 52.6. The molecule has 3 saturated heterocycles. The van der Waals surface area contributed by atoms with E-state index in [1.165, 1.54) is 82.6 Å². The first-order valence-corrected chi connectivity index (χ1v) is 55.6. The van der Waals surface area contributed by atoms with Crippen molar-refractivity contribution in [2.24, 2.45) is 157 Å². The van der Waals surface area contributed by atoms with Crippen molar-refractivity contribution in [1.29, 1.82) is 0 Å². The molecule has 2 aromatic carbocycles. The lowest BCUT2D eigenvalue weighted by Crippen LogP contribution is -2.62. The van der Waals surface area contributed by atoms with Crippen LogP contribution >= 0.6 is 46.0 Å². The van der Waals surface area contributed by atoms with E-state index in [0.717, 1.165) is 119 Å². The molecule has 18 rings (SSSR count). The quantitative estimate of drug-likeness (QED) is 0.0612. The van der Waals surface area contributed by atoms with E-state index in [1.54, 1.807) is 12.4 Å². The van der Waals surface area contributed by atoms with Gasteiger partial charge in [0, 0.05) is 22.4 Å². The Hall–Kier alpha value is -1.62. The summed E-state index contributed by atoms with van der Waals surface area (Å²) in [6.45, 7) is 31.7. The number of nitrogens with zero attached hydrogens (tertiary/aromatic N) is 1. The van der Waals surface area contributed by atoms with Crippen LogP contribution in [0, 0.1) is 157 Å². The highest BCUT2D eigenvalue weighted by Gasteiger charge is 2.69. The highest BCUT2D eigenvalue weighted by molar-refractivity contribution is 7.54. The summed E-state index contributed by atoms with van der Waals surface area (Å²) in [7, 11) is -9.40. The average molecular weight is 1800 g/mol. The van der Waals surface area contributed by atoms with Crippen molar-refractivity contribution in [1.82, 2.24) is 4.98 Å². The fourth-order valence-corrected chi connectivity index (χ4v) is 39.9. The molecule has 3 aromatic rings. The summed E-state index contributed by atoms with van der Waals surface area (Å²) in [5, 5.41) is 68.5. The van der Waals surface area contributed by atoms with Gasteiger partial charge in [-0.05, 0) is 395 Å². The third-order valence-corrected chi connectivity index (χ3v) is 46.7. The van der Waals surface area contributed by atoms with Crippen molar-refractivity contribution in [3.8, 4) is 0 Å². The van der Waals surface area contributed by atoms with Crippen LogP contribution in [0.15, 0.2) is 73.1 Å². The number of halogens is 2. The van der Waals surface area contributed by atoms with E-state index in [9.17, 15) is 44.3 Å². The molecular formula is C102H158Cl2NO15P3. The largest absolute Gasteiger partial charge is 0.393 e. The van der Waals surface area contributed by atoms with Crippen LogP contribution in [0.25, 0.3) is 0 Å². The van der Waals surface area contributed by atoms with E-state index in [0.29, 0.717) is 176 Å². The van der Waals surface area contributed by atoms with Crippen LogP contribution in [-0.4, -0.2) is 130 Å². The van der Waals surface area contributed by atoms with Crippen LogP contribution in [-0.2, 0) is 40.8 Å². The number of rotatable bonds is 19. The molecule has 690 valence electrons. The Balaban J connectivity index is 0.000000137. The summed E-state index contributed by atoms with van der Waals surface area (Å²) in [5.41, 5.74) is 4.70. The molecule has 3 aliphatic heterocycles. The maximum atomic E-state index is 13.6. The van der Waals surface area contributed by atoms with Crippen molar-refractivity contribution in [2.45, 2.75) is 317 Å². The van der Waals surface area contributed by atoms with Crippen molar-refractivity contribution in [3.05, 3.63) is 99.8 Å². The number of hydrogen-bond donors (Lipinski definition) is 6. The second kappa shape index (κ2) is 37.7. The van der Waals surface area contributed by atoms with Crippen LogP contribution in [0.4, 0.5) is 0 Å². The number of benzene rings is 2. The molecule has 0 radical (unpaired) electrons. The Kier molecular flexibility index (Phi) is 29.0. The fraction of sp³-hybridized carbons (Fsp3) is 0.833. The lowest BCUT2D eigenvalue weighted by Gasteiger charge is -2.64.